The van der Waals surface area contributed by atoms with Crippen LogP contribution in [-0.2, 0) is 0 Å². The Morgan fingerprint density at radius 3 is 2.79 bits per heavy atom. The van der Waals surface area contributed by atoms with E-state index in [2.05, 4.69) is 15.3 Å². The van der Waals surface area contributed by atoms with Gasteiger partial charge in [-0.05, 0) is 13.0 Å². The van der Waals surface area contributed by atoms with Gasteiger partial charge in [0.15, 0.2) is 11.1 Å². The van der Waals surface area contributed by atoms with Crippen LogP contribution in [0.1, 0.15) is 12.1 Å². The summed E-state index contributed by atoms with van der Waals surface area (Å²) in [5.41, 5.74) is 11.2. The number of alkyl halides is 3. The SMILES string of the molecule is NCCC(=S)c1csc(NC(N)=NCC(F)(F)F)n1. The van der Waals surface area contributed by atoms with Gasteiger partial charge in [-0.25, -0.2) is 9.98 Å². The van der Waals surface area contributed by atoms with Crippen LogP contribution < -0.4 is 16.8 Å². The number of halogens is 3. The van der Waals surface area contributed by atoms with E-state index in [1.165, 1.54) is 11.3 Å². The Morgan fingerprint density at radius 1 is 1.53 bits per heavy atom. The van der Waals surface area contributed by atoms with Gasteiger partial charge in [-0.15, -0.1) is 11.3 Å². The Bertz CT molecular complexity index is 469. The van der Waals surface area contributed by atoms with Crippen LogP contribution >= 0.6 is 23.6 Å². The summed E-state index contributed by atoms with van der Waals surface area (Å²) in [5, 5.41) is 4.49. The molecule has 0 bridgehead atoms. The lowest BCUT2D eigenvalue weighted by atomic mass is 10.2. The third kappa shape index (κ3) is 5.94. The number of hydrogen-bond donors (Lipinski definition) is 3. The second-order valence-electron chi connectivity index (χ2n) is 3.44. The van der Waals surface area contributed by atoms with Gasteiger partial charge in [-0.2, -0.15) is 13.2 Å². The van der Waals surface area contributed by atoms with E-state index in [4.69, 9.17) is 23.7 Å². The first-order chi connectivity index (χ1) is 8.81. The highest BCUT2D eigenvalue weighted by Gasteiger charge is 2.26. The molecule has 5 N–H and O–H groups in total. The molecule has 106 valence electrons. The topological polar surface area (TPSA) is 89.3 Å². The first kappa shape index (κ1) is 15.8. The van der Waals surface area contributed by atoms with E-state index in [-0.39, 0.29) is 5.96 Å². The van der Waals surface area contributed by atoms with Crippen molar-refractivity contribution in [1.29, 1.82) is 0 Å². The smallest absolute Gasteiger partial charge is 0.370 e. The second-order valence-corrected chi connectivity index (χ2v) is 4.79. The fraction of sp³-hybridized carbons (Fsp3) is 0.444. The number of rotatable bonds is 5. The van der Waals surface area contributed by atoms with E-state index in [0.29, 0.717) is 28.7 Å². The lowest BCUT2D eigenvalue weighted by Crippen LogP contribution is -2.25. The molecule has 1 rings (SSSR count). The third-order valence-electron chi connectivity index (χ3n) is 1.82. The summed E-state index contributed by atoms with van der Waals surface area (Å²) < 4.78 is 35.8. The first-order valence-corrected chi connectivity index (χ1v) is 6.43. The molecule has 1 aromatic rings. The van der Waals surface area contributed by atoms with Gasteiger partial charge >= 0.3 is 6.18 Å². The van der Waals surface area contributed by atoms with Crippen molar-refractivity contribution in [2.75, 3.05) is 18.4 Å². The van der Waals surface area contributed by atoms with Gasteiger partial charge in [0, 0.05) is 10.2 Å². The Balaban J connectivity index is 2.61. The number of thiazole rings is 1. The molecule has 19 heavy (non-hydrogen) atoms. The average molecular weight is 311 g/mol. The van der Waals surface area contributed by atoms with Crippen LogP contribution in [0.15, 0.2) is 10.4 Å². The van der Waals surface area contributed by atoms with Crippen LogP contribution in [0.3, 0.4) is 0 Å². The van der Waals surface area contributed by atoms with Gasteiger partial charge < -0.3 is 16.8 Å². The Morgan fingerprint density at radius 2 is 2.21 bits per heavy atom. The molecule has 0 unspecified atom stereocenters. The molecular formula is C9H12F3N5S2. The van der Waals surface area contributed by atoms with Crippen LogP contribution in [-0.4, -0.2) is 35.1 Å². The highest BCUT2D eigenvalue weighted by molar-refractivity contribution is 7.80. The van der Waals surface area contributed by atoms with Crippen molar-refractivity contribution in [2.24, 2.45) is 16.5 Å². The minimum absolute atomic E-state index is 0.331. The lowest BCUT2D eigenvalue weighted by Gasteiger charge is -2.04. The predicted octanol–water partition coefficient (Wildman–Crippen LogP) is 1.50. The molecule has 0 saturated heterocycles. The zero-order chi connectivity index (χ0) is 14.5. The van der Waals surface area contributed by atoms with Gasteiger partial charge in [0.1, 0.15) is 6.54 Å². The minimum Gasteiger partial charge on any atom is -0.370 e. The van der Waals surface area contributed by atoms with Crippen LogP contribution in [0.4, 0.5) is 18.3 Å². The zero-order valence-electron chi connectivity index (χ0n) is 9.70. The van der Waals surface area contributed by atoms with Crippen LogP contribution in [0.25, 0.3) is 0 Å². The van der Waals surface area contributed by atoms with Crippen molar-refractivity contribution in [1.82, 2.24) is 4.98 Å². The summed E-state index contributed by atoms with van der Waals surface area (Å²) in [4.78, 5) is 7.83. The molecule has 0 aliphatic carbocycles. The molecule has 0 amide bonds. The van der Waals surface area contributed by atoms with Gasteiger partial charge in [-0.1, -0.05) is 12.2 Å². The molecule has 0 atom stereocenters. The summed E-state index contributed by atoms with van der Waals surface area (Å²) in [6.07, 6.45) is -3.86. The number of nitrogens with two attached hydrogens (primary N) is 2. The molecule has 5 nitrogen and oxygen atoms in total. The predicted molar refractivity (Wildman–Crippen MR) is 73.7 cm³/mol. The minimum atomic E-state index is -4.39. The number of anilines is 1. The summed E-state index contributed by atoms with van der Waals surface area (Å²) in [7, 11) is 0. The Kier molecular flexibility index (Phi) is 5.63. The Labute approximate surface area is 116 Å². The van der Waals surface area contributed by atoms with Crippen molar-refractivity contribution in [2.45, 2.75) is 12.6 Å². The number of thiocarbonyl (C=S) groups is 1. The number of aliphatic imine (C=N–C) groups is 1. The van der Waals surface area contributed by atoms with Crippen molar-refractivity contribution in [3.05, 3.63) is 11.1 Å². The van der Waals surface area contributed by atoms with Crippen molar-refractivity contribution >= 4 is 39.5 Å². The largest absolute Gasteiger partial charge is 0.408 e. The van der Waals surface area contributed by atoms with Crippen LogP contribution in [0.5, 0.6) is 0 Å². The standard InChI is InChI=1S/C9H12F3N5S2/c10-9(11,12)4-15-7(14)17-8-16-5(3-19-8)6(18)1-2-13/h3H,1-2,4,13H2,(H3,14,15,16,17). The second kappa shape index (κ2) is 6.78. The van der Waals surface area contributed by atoms with E-state index in [1.807, 2.05) is 0 Å². The molecule has 0 aliphatic heterocycles. The van der Waals surface area contributed by atoms with E-state index in [0.717, 1.165) is 0 Å². The van der Waals surface area contributed by atoms with Gasteiger partial charge in [-0.3, -0.25) is 0 Å². The number of nitrogens with zero attached hydrogens (tertiary/aromatic N) is 2. The van der Waals surface area contributed by atoms with Crippen molar-refractivity contribution in [3.63, 3.8) is 0 Å². The third-order valence-corrected chi connectivity index (χ3v) is 3.00. The van der Waals surface area contributed by atoms with Gasteiger partial charge in [0.05, 0.1) is 5.69 Å². The molecule has 0 aliphatic rings. The molecule has 1 aromatic heterocycles. The van der Waals surface area contributed by atoms with E-state index < -0.39 is 12.7 Å². The maximum Gasteiger partial charge on any atom is 0.408 e. The normalized spacial score (nSPS) is 12.5. The van der Waals surface area contributed by atoms with Crippen LogP contribution in [0, 0.1) is 0 Å². The summed E-state index contributed by atoms with van der Waals surface area (Å²) in [6, 6.07) is 0. The maximum atomic E-state index is 11.9. The fourth-order valence-electron chi connectivity index (χ4n) is 1.04. The van der Waals surface area contributed by atoms with E-state index in [9.17, 15) is 13.2 Å². The molecule has 0 fully saturated rings. The first-order valence-electron chi connectivity index (χ1n) is 5.14. The average Bonchev–Trinajstić information content (AvgIpc) is 2.74. The Hall–Kier alpha value is -1.26. The summed E-state index contributed by atoms with van der Waals surface area (Å²) >= 11 is 6.25. The summed E-state index contributed by atoms with van der Waals surface area (Å²) in [5.74, 6) is -0.344. The van der Waals surface area contributed by atoms with Gasteiger partial charge in [0.25, 0.3) is 0 Å². The molecule has 0 aromatic carbocycles. The highest BCUT2D eigenvalue weighted by Crippen LogP contribution is 2.17. The number of nitrogens with one attached hydrogen (secondary N) is 1. The number of guanidine groups is 1. The van der Waals surface area contributed by atoms with Crippen molar-refractivity contribution in [3.8, 4) is 0 Å². The summed E-state index contributed by atoms with van der Waals surface area (Å²) in [6.45, 7) is -0.927. The zero-order valence-corrected chi connectivity index (χ0v) is 11.3. The molecule has 10 heteroatoms. The highest BCUT2D eigenvalue weighted by atomic mass is 32.1. The monoisotopic (exact) mass is 311 g/mol. The lowest BCUT2D eigenvalue weighted by molar-refractivity contribution is -0.118. The number of hydrogen-bond acceptors (Lipinski definition) is 5. The molecular weight excluding hydrogens is 299 g/mol. The fourth-order valence-corrected chi connectivity index (χ4v) is 2.07. The number of aromatic nitrogens is 1. The van der Waals surface area contributed by atoms with Crippen molar-refractivity contribution < 1.29 is 13.2 Å². The molecule has 0 saturated carbocycles. The molecule has 1 heterocycles. The molecule has 0 radical (unpaired) electrons. The van der Waals surface area contributed by atoms with Crippen LogP contribution in [0.2, 0.25) is 0 Å². The van der Waals surface area contributed by atoms with Gasteiger partial charge in [0.2, 0.25) is 0 Å². The molecule has 0 spiro atoms. The quantitative estimate of drug-likeness (QED) is 0.332. The maximum absolute atomic E-state index is 11.9. The van der Waals surface area contributed by atoms with E-state index >= 15 is 0 Å². The van der Waals surface area contributed by atoms with E-state index in [1.54, 1.807) is 5.38 Å².